The first kappa shape index (κ1) is 17.7. The SMILES string of the molecule is C=C/C(C)=C/c1c(O)c(OC)c(O)c2c1OC(c1ccc(O)cc1)CC2. The molecule has 5 heteroatoms. The normalized spacial score (nSPS) is 16.5. The van der Waals surface area contributed by atoms with Gasteiger partial charge in [-0.15, -0.1) is 0 Å². The van der Waals surface area contributed by atoms with E-state index in [2.05, 4.69) is 6.58 Å². The van der Waals surface area contributed by atoms with Crippen molar-refractivity contribution in [2.45, 2.75) is 25.9 Å². The van der Waals surface area contributed by atoms with E-state index in [1.807, 2.05) is 6.92 Å². The Bertz CT molecular complexity index is 865. The average Bonchev–Trinajstić information content (AvgIpc) is 2.65. The molecule has 3 N–H and O–H groups in total. The summed E-state index contributed by atoms with van der Waals surface area (Å²) >= 11 is 0. The van der Waals surface area contributed by atoms with Crippen LogP contribution in [0.15, 0.2) is 42.5 Å². The lowest BCUT2D eigenvalue weighted by Crippen LogP contribution is -2.16. The van der Waals surface area contributed by atoms with Crippen LogP contribution in [0, 0.1) is 0 Å². The molecule has 0 saturated heterocycles. The van der Waals surface area contributed by atoms with E-state index in [0.717, 1.165) is 11.1 Å². The number of methoxy groups -OCH3 is 1. The fourth-order valence-corrected chi connectivity index (χ4v) is 3.13. The Balaban J connectivity index is 2.12. The van der Waals surface area contributed by atoms with Gasteiger partial charge in [-0.3, -0.25) is 0 Å². The van der Waals surface area contributed by atoms with Gasteiger partial charge < -0.3 is 24.8 Å². The predicted octanol–water partition coefficient (Wildman–Crippen LogP) is 4.47. The van der Waals surface area contributed by atoms with Gasteiger partial charge in [0.15, 0.2) is 11.5 Å². The van der Waals surface area contributed by atoms with Gasteiger partial charge in [-0.1, -0.05) is 30.4 Å². The maximum Gasteiger partial charge on any atom is 0.204 e. The third kappa shape index (κ3) is 3.08. The third-order valence-electron chi connectivity index (χ3n) is 4.57. The van der Waals surface area contributed by atoms with Crippen molar-refractivity contribution >= 4 is 6.08 Å². The van der Waals surface area contributed by atoms with Gasteiger partial charge in [0.25, 0.3) is 0 Å². The Morgan fingerprint density at radius 1 is 1.19 bits per heavy atom. The van der Waals surface area contributed by atoms with Crippen molar-refractivity contribution in [3.8, 4) is 28.7 Å². The molecule has 0 aromatic heterocycles. The van der Waals surface area contributed by atoms with Crippen LogP contribution in [0.5, 0.6) is 28.7 Å². The van der Waals surface area contributed by atoms with Gasteiger partial charge in [0.05, 0.1) is 12.7 Å². The summed E-state index contributed by atoms with van der Waals surface area (Å²) in [6.07, 6.45) is 4.40. The number of hydrogen-bond donors (Lipinski definition) is 3. The summed E-state index contributed by atoms with van der Waals surface area (Å²) in [5.74, 6) is 0.397. The van der Waals surface area contributed by atoms with Crippen LogP contribution in [0.25, 0.3) is 6.08 Å². The zero-order valence-electron chi connectivity index (χ0n) is 14.8. The number of fused-ring (bicyclic) bond motifs is 1. The molecular weight excluding hydrogens is 332 g/mol. The lowest BCUT2D eigenvalue weighted by molar-refractivity contribution is 0.172. The number of ether oxygens (including phenoxy) is 2. The molecule has 26 heavy (non-hydrogen) atoms. The first-order valence-electron chi connectivity index (χ1n) is 8.37. The van der Waals surface area contributed by atoms with Crippen LogP contribution in [0.4, 0.5) is 0 Å². The maximum atomic E-state index is 10.6. The fourth-order valence-electron chi connectivity index (χ4n) is 3.13. The Kier molecular flexibility index (Phi) is 4.80. The number of rotatable bonds is 4. The second kappa shape index (κ2) is 7.04. The summed E-state index contributed by atoms with van der Waals surface area (Å²) < 4.78 is 11.3. The standard InChI is InChI=1S/C21H22O5/c1-4-12(2)11-16-19(24)21(25-3)18(23)15-9-10-17(26-20(15)16)13-5-7-14(22)8-6-13/h4-8,11,17,22-24H,1,9-10H2,2-3H3/b12-11+. The summed E-state index contributed by atoms with van der Waals surface area (Å²) in [6, 6.07) is 6.83. The predicted molar refractivity (Wildman–Crippen MR) is 100.0 cm³/mol. The van der Waals surface area contributed by atoms with Crippen LogP contribution in [0.1, 0.15) is 36.1 Å². The van der Waals surface area contributed by atoms with Crippen molar-refractivity contribution in [3.63, 3.8) is 0 Å². The largest absolute Gasteiger partial charge is 0.508 e. The summed E-state index contributed by atoms with van der Waals surface area (Å²) in [5, 5.41) is 30.5. The van der Waals surface area contributed by atoms with E-state index in [0.29, 0.717) is 29.7 Å². The molecular formula is C21H22O5. The molecule has 0 fully saturated rings. The Labute approximate surface area is 152 Å². The van der Waals surface area contributed by atoms with Crippen LogP contribution in [-0.4, -0.2) is 22.4 Å². The van der Waals surface area contributed by atoms with E-state index >= 15 is 0 Å². The number of phenolic OH excluding ortho intramolecular Hbond substituents is 3. The Morgan fingerprint density at radius 3 is 2.50 bits per heavy atom. The molecule has 136 valence electrons. The molecule has 0 bridgehead atoms. The van der Waals surface area contributed by atoms with E-state index in [1.165, 1.54) is 7.11 Å². The highest BCUT2D eigenvalue weighted by atomic mass is 16.5. The molecule has 0 radical (unpaired) electrons. The lowest BCUT2D eigenvalue weighted by atomic mass is 9.93. The van der Waals surface area contributed by atoms with Gasteiger partial charge in [-0.2, -0.15) is 0 Å². The molecule has 0 amide bonds. The van der Waals surface area contributed by atoms with Gasteiger partial charge in [0, 0.05) is 5.56 Å². The van der Waals surface area contributed by atoms with Crippen molar-refractivity contribution < 1.29 is 24.8 Å². The van der Waals surface area contributed by atoms with E-state index in [4.69, 9.17) is 9.47 Å². The average molecular weight is 354 g/mol. The first-order valence-corrected chi connectivity index (χ1v) is 8.37. The second-order valence-electron chi connectivity index (χ2n) is 6.28. The van der Waals surface area contributed by atoms with Gasteiger partial charge >= 0.3 is 0 Å². The fraction of sp³-hybridized carbons (Fsp3) is 0.238. The van der Waals surface area contributed by atoms with Crippen LogP contribution in [0.3, 0.4) is 0 Å². The molecule has 2 aromatic carbocycles. The molecule has 1 atom stereocenters. The van der Waals surface area contributed by atoms with Crippen molar-refractivity contribution in [1.82, 2.24) is 0 Å². The molecule has 1 aliphatic heterocycles. The van der Waals surface area contributed by atoms with Crippen LogP contribution in [0.2, 0.25) is 0 Å². The minimum atomic E-state index is -0.244. The van der Waals surface area contributed by atoms with Gasteiger partial charge in [0.2, 0.25) is 5.75 Å². The van der Waals surface area contributed by atoms with Crippen molar-refractivity contribution in [3.05, 3.63) is 59.2 Å². The first-order chi connectivity index (χ1) is 12.5. The topological polar surface area (TPSA) is 79.2 Å². The molecule has 1 aliphatic rings. The van der Waals surface area contributed by atoms with Crippen molar-refractivity contribution in [2.75, 3.05) is 7.11 Å². The van der Waals surface area contributed by atoms with E-state index in [1.54, 1.807) is 36.4 Å². The molecule has 1 unspecified atom stereocenters. The van der Waals surface area contributed by atoms with Gasteiger partial charge in [0.1, 0.15) is 17.6 Å². The summed E-state index contributed by atoms with van der Waals surface area (Å²) in [4.78, 5) is 0. The monoisotopic (exact) mass is 354 g/mol. The van der Waals surface area contributed by atoms with E-state index in [9.17, 15) is 15.3 Å². The molecule has 0 aliphatic carbocycles. The summed E-state index contributed by atoms with van der Waals surface area (Å²) in [6.45, 7) is 5.59. The Hall–Kier alpha value is -3.08. The highest BCUT2D eigenvalue weighted by Gasteiger charge is 2.31. The highest BCUT2D eigenvalue weighted by molar-refractivity contribution is 5.76. The number of hydrogen-bond acceptors (Lipinski definition) is 5. The molecule has 1 heterocycles. The third-order valence-corrected chi connectivity index (χ3v) is 4.57. The van der Waals surface area contributed by atoms with E-state index < -0.39 is 0 Å². The smallest absolute Gasteiger partial charge is 0.204 e. The number of benzene rings is 2. The van der Waals surface area contributed by atoms with Crippen LogP contribution in [-0.2, 0) is 6.42 Å². The molecule has 0 spiro atoms. The zero-order chi connectivity index (χ0) is 18.8. The van der Waals surface area contributed by atoms with E-state index in [-0.39, 0.29) is 29.1 Å². The second-order valence-corrected chi connectivity index (χ2v) is 6.28. The zero-order valence-corrected chi connectivity index (χ0v) is 14.8. The number of aromatic hydroxyl groups is 3. The summed E-state index contributed by atoms with van der Waals surface area (Å²) in [7, 11) is 1.40. The van der Waals surface area contributed by atoms with Crippen molar-refractivity contribution in [2.24, 2.45) is 0 Å². The van der Waals surface area contributed by atoms with Crippen LogP contribution < -0.4 is 9.47 Å². The quantitative estimate of drug-likeness (QED) is 0.706. The highest BCUT2D eigenvalue weighted by Crippen LogP contribution is 2.52. The minimum Gasteiger partial charge on any atom is -0.508 e. The molecule has 0 saturated carbocycles. The summed E-state index contributed by atoms with van der Waals surface area (Å²) in [5.41, 5.74) is 2.82. The molecule has 5 nitrogen and oxygen atoms in total. The van der Waals surface area contributed by atoms with Gasteiger partial charge in [-0.25, -0.2) is 0 Å². The minimum absolute atomic E-state index is 0.0403. The van der Waals surface area contributed by atoms with Gasteiger partial charge in [-0.05, 0) is 43.5 Å². The number of allylic oxidation sites excluding steroid dienone is 2. The number of phenols is 3. The van der Waals surface area contributed by atoms with Crippen LogP contribution >= 0.6 is 0 Å². The maximum absolute atomic E-state index is 10.6. The lowest BCUT2D eigenvalue weighted by Gasteiger charge is -2.29. The van der Waals surface area contributed by atoms with Crippen molar-refractivity contribution in [1.29, 1.82) is 0 Å². The molecule has 3 rings (SSSR count). The Morgan fingerprint density at radius 2 is 1.88 bits per heavy atom. The molecule has 2 aromatic rings.